The third-order valence-electron chi connectivity index (χ3n) is 4.60. The van der Waals surface area contributed by atoms with Crippen molar-refractivity contribution in [2.24, 2.45) is 0 Å². The summed E-state index contributed by atoms with van der Waals surface area (Å²) >= 11 is 0. The van der Waals surface area contributed by atoms with E-state index in [1.807, 2.05) is 26.0 Å². The minimum absolute atomic E-state index is 0. The standard InChI is InChI=1S/C13H15NO2S.C10H14O2S.C2H6.2CH4/c1-13(2,3)17(15,16)12-6-4-5-10-9-14-8-7-11(10)12;1-10(2,3)13(11,12)9-7-5-4-6-8-9;1-2;;/h4-9H,1-3H3;4-8H,1-3H3;1-2H3;2*1H4. The molecular formula is C27H43NO4S2. The fraction of sp³-hybridized carbons (Fsp3) is 0.444. The lowest BCUT2D eigenvalue weighted by atomic mass is 10.2. The molecule has 0 atom stereocenters. The van der Waals surface area contributed by atoms with Crippen molar-refractivity contribution in [3.05, 3.63) is 67.0 Å². The molecule has 3 rings (SSSR count). The number of benzene rings is 2. The van der Waals surface area contributed by atoms with Crippen LogP contribution in [0.15, 0.2) is 76.8 Å². The average Bonchev–Trinajstić information content (AvgIpc) is 2.74. The zero-order valence-electron chi connectivity index (χ0n) is 20.2. The third-order valence-corrected chi connectivity index (χ3v) is 9.65. The summed E-state index contributed by atoms with van der Waals surface area (Å²) in [4.78, 5) is 4.77. The first kappa shape index (κ1) is 33.9. The molecular weight excluding hydrogens is 466 g/mol. The van der Waals surface area contributed by atoms with Crippen molar-refractivity contribution in [1.82, 2.24) is 4.98 Å². The Balaban J connectivity index is 0. The summed E-state index contributed by atoms with van der Waals surface area (Å²) in [7, 11) is -6.51. The van der Waals surface area contributed by atoms with Gasteiger partial charge in [0.2, 0.25) is 0 Å². The quantitative estimate of drug-likeness (QED) is 0.360. The predicted molar refractivity (Wildman–Crippen MR) is 147 cm³/mol. The van der Waals surface area contributed by atoms with Gasteiger partial charge in [0, 0.05) is 23.2 Å². The molecule has 0 fully saturated rings. The Labute approximate surface area is 208 Å². The molecule has 1 heterocycles. The van der Waals surface area contributed by atoms with Crippen LogP contribution in [0.5, 0.6) is 0 Å². The van der Waals surface area contributed by atoms with Crippen LogP contribution in [0.4, 0.5) is 0 Å². The van der Waals surface area contributed by atoms with E-state index in [-0.39, 0.29) is 14.9 Å². The van der Waals surface area contributed by atoms with Crippen molar-refractivity contribution in [2.45, 2.75) is 89.5 Å². The van der Waals surface area contributed by atoms with Crippen LogP contribution in [0.25, 0.3) is 10.8 Å². The first-order chi connectivity index (χ1) is 14.7. The van der Waals surface area contributed by atoms with Gasteiger partial charge < -0.3 is 0 Å². The maximum absolute atomic E-state index is 12.4. The van der Waals surface area contributed by atoms with Gasteiger partial charge in [-0.1, -0.05) is 59.0 Å². The van der Waals surface area contributed by atoms with Gasteiger partial charge in [0.25, 0.3) is 0 Å². The molecule has 0 saturated carbocycles. The first-order valence-electron chi connectivity index (χ1n) is 10.6. The van der Waals surface area contributed by atoms with Gasteiger partial charge in [0.05, 0.1) is 19.3 Å². The average molecular weight is 510 g/mol. The maximum Gasteiger partial charge on any atom is 0.183 e. The zero-order valence-corrected chi connectivity index (χ0v) is 21.9. The van der Waals surface area contributed by atoms with Crippen LogP contribution in [0.2, 0.25) is 0 Å². The molecule has 5 nitrogen and oxygen atoms in total. The maximum atomic E-state index is 12.4. The monoisotopic (exact) mass is 509 g/mol. The van der Waals surface area contributed by atoms with E-state index in [1.54, 1.807) is 96.4 Å². The number of sulfone groups is 2. The molecule has 0 bridgehead atoms. The second-order valence-corrected chi connectivity index (χ2v) is 14.3. The molecule has 0 amide bonds. The number of fused-ring (bicyclic) bond motifs is 1. The van der Waals surface area contributed by atoms with Crippen molar-refractivity contribution in [3.8, 4) is 0 Å². The molecule has 0 saturated heterocycles. The van der Waals surface area contributed by atoms with Gasteiger partial charge in [-0.05, 0) is 65.8 Å². The van der Waals surface area contributed by atoms with Crippen LogP contribution in [0.3, 0.4) is 0 Å². The summed E-state index contributed by atoms with van der Waals surface area (Å²) in [6.45, 7) is 14.2. The van der Waals surface area contributed by atoms with Gasteiger partial charge in [-0.15, -0.1) is 0 Å². The smallest absolute Gasteiger partial charge is 0.183 e. The fourth-order valence-electron chi connectivity index (χ4n) is 2.61. The molecule has 0 radical (unpaired) electrons. The first-order valence-corrected chi connectivity index (χ1v) is 13.5. The van der Waals surface area contributed by atoms with Gasteiger partial charge >= 0.3 is 0 Å². The van der Waals surface area contributed by atoms with Crippen LogP contribution < -0.4 is 0 Å². The molecule has 2 aromatic carbocycles. The van der Waals surface area contributed by atoms with Crippen LogP contribution >= 0.6 is 0 Å². The second kappa shape index (κ2) is 13.0. The van der Waals surface area contributed by atoms with E-state index in [0.29, 0.717) is 9.79 Å². The number of rotatable bonds is 2. The van der Waals surface area contributed by atoms with Crippen molar-refractivity contribution >= 4 is 30.4 Å². The van der Waals surface area contributed by atoms with Gasteiger partial charge in [-0.25, -0.2) is 16.8 Å². The summed E-state index contributed by atoms with van der Waals surface area (Å²) in [5, 5.41) is 1.58. The highest BCUT2D eigenvalue weighted by atomic mass is 32.2. The Morgan fingerprint density at radius 3 is 1.62 bits per heavy atom. The van der Waals surface area contributed by atoms with Gasteiger partial charge in [-0.2, -0.15) is 0 Å². The Morgan fingerprint density at radius 2 is 1.15 bits per heavy atom. The molecule has 0 N–H and O–H groups in total. The lowest BCUT2D eigenvalue weighted by molar-refractivity contribution is 0.559. The number of hydrogen-bond acceptors (Lipinski definition) is 5. The summed E-state index contributed by atoms with van der Waals surface area (Å²) < 4.78 is 47.1. The molecule has 3 aromatic rings. The molecule has 7 heteroatoms. The fourth-order valence-corrected chi connectivity index (χ4v) is 5.23. The summed E-state index contributed by atoms with van der Waals surface area (Å²) in [6, 6.07) is 15.5. The molecule has 0 unspecified atom stereocenters. The van der Waals surface area contributed by atoms with Crippen LogP contribution in [0.1, 0.15) is 70.2 Å². The largest absolute Gasteiger partial charge is 0.264 e. The minimum Gasteiger partial charge on any atom is -0.264 e. The highest BCUT2D eigenvalue weighted by Crippen LogP contribution is 2.30. The van der Waals surface area contributed by atoms with Crippen LogP contribution in [-0.2, 0) is 19.7 Å². The van der Waals surface area contributed by atoms with Crippen molar-refractivity contribution in [1.29, 1.82) is 0 Å². The second-order valence-electron chi connectivity index (χ2n) is 8.90. The Bertz CT molecular complexity index is 1220. The molecule has 1 aromatic heterocycles. The lowest BCUT2D eigenvalue weighted by Gasteiger charge is -2.20. The number of aromatic nitrogens is 1. The Hall–Kier alpha value is -2.25. The van der Waals surface area contributed by atoms with Crippen molar-refractivity contribution < 1.29 is 16.8 Å². The van der Waals surface area contributed by atoms with Crippen molar-refractivity contribution in [2.75, 3.05) is 0 Å². The van der Waals surface area contributed by atoms with E-state index in [9.17, 15) is 16.8 Å². The highest BCUT2D eigenvalue weighted by Gasteiger charge is 2.32. The summed E-state index contributed by atoms with van der Waals surface area (Å²) in [6.07, 6.45) is 3.29. The molecule has 0 spiro atoms. The van der Waals surface area contributed by atoms with Gasteiger partial charge in [-0.3, -0.25) is 4.98 Å². The van der Waals surface area contributed by atoms with E-state index in [1.165, 1.54) is 0 Å². The lowest BCUT2D eigenvalue weighted by Crippen LogP contribution is -2.28. The normalized spacial score (nSPS) is 11.5. The van der Waals surface area contributed by atoms with Gasteiger partial charge in [0.15, 0.2) is 19.7 Å². The molecule has 0 aliphatic heterocycles. The van der Waals surface area contributed by atoms with E-state index < -0.39 is 29.2 Å². The minimum atomic E-state index is -3.33. The third kappa shape index (κ3) is 7.64. The molecule has 192 valence electrons. The summed E-state index contributed by atoms with van der Waals surface area (Å²) in [5.74, 6) is 0. The molecule has 0 aliphatic carbocycles. The van der Waals surface area contributed by atoms with E-state index in [4.69, 9.17) is 0 Å². The predicted octanol–water partition coefficient (Wildman–Crippen LogP) is 7.36. The SMILES string of the molecule is C.C.CC.CC(C)(C)S(=O)(=O)c1cccc2cnccc12.CC(C)(C)S(=O)(=O)c1ccccc1. The zero-order chi connectivity index (χ0) is 24.8. The van der Waals surface area contributed by atoms with Crippen LogP contribution in [-0.4, -0.2) is 31.3 Å². The molecule has 34 heavy (non-hydrogen) atoms. The number of nitrogens with zero attached hydrogens (tertiary/aromatic N) is 1. The van der Waals surface area contributed by atoms with Crippen molar-refractivity contribution in [3.63, 3.8) is 0 Å². The van der Waals surface area contributed by atoms with E-state index in [2.05, 4.69) is 4.98 Å². The Morgan fingerprint density at radius 1 is 0.647 bits per heavy atom. The van der Waals surface area contributed by atoms with E-state index >= 15 is 0 Å². The Kier molecular flexibility index (Phi) is 13.0. The molecule has 0 aliphatic rings. The number of pyridine rings is 1. The highest BCUT2D eigenvalue weighted by molar-refractivity contribution is 7.93. The van der Waals surface area contributed by atoms with Crippen LogP contribution in [0, 0.1) is 0 Å². The van der Waals surface area contributed by atoms with Gasteiger partial charge in [0.1, 0.15) is 0 Å². The van der Waals surface area contributed by atoms with E-state index in [0.717, 1.165) is 10.8 Å². The topological polar surface area (TPSA) is 81.2 Å². The summed E-state index contributed by atoms with van der Waals surface area (Å²) in [5.41, 5.74) is 0. The number of hydrogen-bond donors (Lipinski definition) is 0.